The van der Waals surface area contributed by atoms with Crippen LogP contribution in [0, 0.1) is 5.82 Å². The maximum atomic E-state index is 13.1. The molecule has 0 aliphatic heterocycles. The number of anilines is 1. The molecule has 150 valence electrons. The average molecular weight is 406 g/mol. The van der Waals surface area contributed by atoms with Crippen molar-refractivity contribution in [2.24, 2.45) is 0 Å². The first-order valence-corrected chi connectivity index (χ1v) is 8.91. The maximum Gasteiger partial charge on any atom is 0.341 e. The lowest BCUT2D eigenvalue weighted by Gasteiger charge is -2.11. The van der Waals surface area contributed by atoms with E-state index in [2.05, 4.69) is 10.3 Å². The number of aromatic nitrogens is 1. The lowest BCUT2D eigenvalue weighted by Crippen LogP contribution is -2.13. The largest absolute Gasteiger partial charge is 0.481 e. The highest BCUT2D eigenvalue weighted by atomic mass is 19.1. The minimum Gasteiger partial charge on any atom is -0.481 e. The van der Waals surface area contributed by atoms with Crippen LogP contribution < -0.4 is 10.1 Å². The number of nitrogens with zero attached hydrogens (tertiary/aromatic N) is 1. The predicted octanol–water partition coefficient (Wildman–Crippen LogP) is 4.35. The molecule has 4 aromatic rings. The van der Waals surface area contributed by atoms with Gasteiger partial charge in [0, 0.05) is 17.3 Å². The van der Waals surface area contributed by atoms with Crippen molar-refractivity contribution in [1.29, 1.82) is 0 Å². The van der Waals surface area contributed by atoms with Crippen LogP contribution in [-0.4, -0.2) is 28.6 Å². The number of carboxylic acids is 1. The Morgan fingerprint density at radius 2 is 1.83 bits per heavy atom. The zero-order chi connectivity index (χ0) is 21.1. The standard InChI is InChI=1S/C22H15FN2O5/c23-14-7-5-13(6-8-14)21(28)24-15-9-10-16(19(11-15)29-12-20(26)27)22-25-17-3-1-2-4-18(17)30-22/h1-11H,12H2,(H,24,28)(H,26,27). The van der Waals surface area contributed by atoms with E-state index in [4.69, 9.17) is 14.3 Å². The molecular weight excluding hydrogens is 391 g/mol. The highest BCUT2D eigenvalue weighted by Gasteiger charge is 2.16. The number of para-hydroxylation sites is 2. The van der Waals surface area contributed by atoms with Crippen LogP contribution in [0.15, 0.2) is 71.1 Å². The van der Waals surface area contributed by atoms with Crippen molar-refractivity contribution < 1.29 is 28.2 Å². The third-order valence-electron chi connectivity index (χ3n) is 4.22. The van der Waals surface area contributed by atoms with Gasteiger partial charge in [0.1, 0.15) is 17.1 Å². The van der Waals surface area contributed by atoms with Crippen LogP contribution >= 0.6 is 0 Å². The zero-order valence-corrected chi connectivity index (χ0v) is 15.5. The van der Waals surface area contributed by atoms with Gasteiger partial charge in [-0.3, -0.25) is 4.79 Å². The molecule has 7 nitrogen and oxygen atoms in total. The van der Waals surface area contributed by atoms with E-state index < -0.39 is 24.3 Å². The highest BCUT2D eigenvalue weighted by molar-refractivity contribution is 6.04. The number of halogens is 1. The molecule has 0 saturated heterocycles. The molecule has 0 unspecified atom stereocenters. The second-order valence-corrected chi connectivity index (χ2v) is 6.34. The van der Waals surface area contributed by atoms with Gasteiger partial charge in [0.05, 0.1) is 5.56 Å². The second kappa shape index (κ2) is 8.04. The fraction of sp³-hybridized carbons (Fsp3) is 0.0455. The SMILES string of the molecule is O=C(O)COc1cc(NC(=O)c2ccc(F)cc2)ccc1-c1nc2ccccc2o1. The predicted molar refractivity (Wildman–Crippen MR) is 107 cm³/mol. The average Bonchev–Trinajstić information content (AvgIpc) is 3.16. The van der Waals surface area contributed by atoms with Gasteiger partial charge in [0.25, 0.3) is 5.91 Å². The lowest BCUT2D eigenvalue weighted by molar-refractivity contribution is -0.139. The van der Waals surface area contributed by atoms with Crippen molar-refractivity contribution in [1.82, 2.24) is 4.98 Å². The maximum absolute atomic E-state index is 13.1. The van der Waals surface area contributed by atoms with Gasteiger partial charge in [-0.25, -0.2) is 14.2 Å². The monoisotopic (exact) mass is 406 g/mol. The number of benzene rings is 3. The summed E-state index contributed by atoms with van der Waals surface area (Å²) in [5.41, 5.74) is 2.29. The molecule has 0 aliphatic rings. The summed E-state index contributed by atoms with van der Waals surface area (Å²) in [5, 5.41) is 11.6. The van der Waals surface area contributed by atoms with Gasteiger partial charge in [0.15, 0.2) is 12.2 Å². The molecule has 2 N–H and O–H groups in total. The van der Waals surface area contributed by atoms with E-state index in [0.29, 0.717) is 22.4 Å². The zero-order valence-electron chi connectivity index (χ0n) is 15.5. The van der Waals surface area contributed by atoms with E-state index in [1.165, 1.54) is 30.3 Å². The van der Waals surface area contributed by atoms with Gasteiger partial charge < -0.3 is 19.6 Å². The van der Waals surface area contributed by atoms with Gasteiger partial charge in [-0.15, -0.1) is 0 Å². The molecule has 0 fully saturated rings. The van der Waals surface area contributed by atoms with Crippen molar-refractivity contribution in [2.75, 3.05) is 11.9 Å². The Kier molecular flexibility index (Phi) is 5.13. The number of fused-ring (bicyclic) bond motifs is 1. The Morgan fingerprint density at radius 3 is 2.57 bits per heavy atom. The molecule has 0 bridgehead atoms. The first-order valence-electron chi connectivity index (χ1n) is 8.91. The molecule has 8 heteroatoms. The van der Waals surface area contributed by atoms with E-state index >= 15 is 0 Å². The minimum atomic E-state index is -1.15. The summed E-state index contributed by atoms with van der Waals surface area (Å²) in [4.78, 5) is 27.7. The molecule has 3 aromatic carbocycles. The van der Waals surface area contributed by atoms with Crippen molar-refractivity contribution in [3.63, 3.8) is 0 Å². The first kappa shape index (κ1) is 19.1. The number of rotatable bonds is 6. The number of ether oxygens (including phenoxy) is 1. The van der Waals surface area contributed by atoms with Crippen molar-refractivity contribution in [3.05, 3.63) is 78.1 Å². The molecule has 1 amide bonds. The number of carbonyl (C=O) groups excluding carboxylic acids is 1. The van der Waals surface area contributed by atoms with Crippen LogP contribution in [0.2, 0.25) is 0 Å². The summed E-state index contributed by atoms with van der Waals surface area (Å²) in [5.74, 6) is -1.61. The van der Waals surface area contributed by atoms with E-state index in [-0.39, 0.29) is 17.2 Å². The molecule has 0 aliphatic carbocycles. The van der Waals surface area contributed by atoms with Crippen LogP contribution in [0.3, 0.4) is 0 Å². The van der Waals surface area contributed by atoms with Crippen molar-refractivity contribution >= 4 is 28.7 Å². The van der Waals surface area contributed by atoms with Crippen LogP contribution in [0.25, 0.3) is 22.6 Å². The molecule has 1 heterocycles. The van der Waals surface area contributed by atoms with E-state index in [1.54, 1.807) is 24.3 Å². The van der Waals surface area contributed by atoms with E-state index in [1.807, 2.05) is 12.1 Å². The Morgan fingerprint density at radius 1 is 1.07 bits per heavy atom. The van der Waals surface area contributed by atoms with Gasteiger partial charge in [-0.2, -0.15) is 0 Å². The Balaban J connectivity index is 1.66. The summed E-state index contributed by atoms with van der Waals surface area (Å²) in [7, 11) is 0. The number of carbonyl (C=O) groups is 2. The van der Waals surface area contributed by atoms with E-state index in [0.717, 1.165) is 0 Å². The van der Waals surface area contributed by atoms with E-state index in [9.17, 15) is 14.0 Å². The molecule has 0 atom stereocenters. The number of carboxylic acid groups (broad SMARTS) is 1. The van der Waals surface area contributed by atoms with Gasteiger partial charge >= 0.3 is 5.97 Å². The van der Waals surface area contributed by atoms with Crippen molar-refractivity contribution in [2.45, 2.75) is 0 Å². The Labute approximate surface area is 169 Å². The molecule has 0 saturated carbocycles. The van der Waals surface area contributed by atoms with Crippen molar-refractivity contribution in [3.8, 4) is 17.2 Å². The fourth-order valence-electron chi connectivity index (χ4n) is 2.83. The third-order valence-corrected chi connectivity index (χ3v) is 4.22. The summed E-state index contributed by atoms with van der Waals surface area (Å²) < 4.78 is 24.2. The fourth-order valence-corrected chi connectivity index (χ4v) is 2.83. The summed E-state index contributed by atoms with van der Waals surface area (Å²) in [6.07, 6.45) is 0. The topological polar surface area (TPSA) is 102 Å². The summed E-state index contributed by atoms with van der Waals surface area (Å²) in [6.45, 7) is -0.581. The van der Waals surface area contributed by atoms with Crippen LogP contribution in [0.1, 0.15) is 10.4 Å². The molecule has 4 rings (SSSR count). The Hall–Kier alpha value is -4.20. The van der Waals surface area contributed by atoms with Crippen LogP contribution in [0.5, 0.6) is 5.75 Å². The number of aliphatic carboxylic acids is 1. The van der Waals surface area contributed by atoms with Gasteiger partial charge in [-0.05, 0) is 48.5 Å². The van der Waals surface area contributed by atoms with Gasteiger partial charge in [0.2, 0.25) is 5.89 Å². The quantitative estimate of drug-likeness (QED) is 0.494. The molecule has 0 radical (unpaired) electrons. The summed E-state index contributed by atoms with van der Waals surface area (Å²) >= 11 is 0. The first-order chi connectivity index (χ1) is 14.5. The normalized spacial score (nSPS) is 10.7. The number of nitrogens with one attached hydrogen (secondary N) is 1. The molecule has 0 spiro atoms. The van der Waals surface area contributed by atoms with Gasteiger partial charge in [-0.1, -0.05) is 12.1 Å². The molecular formula is C22H15FN2O5. The smallest absolute Gasteiger partial charge is 0.341 e. The number of hydrogen-bond donors (Lipinski definition) is 2. The Bertz CT molecular complexity index is 1200. The van der Waals surface area contributed by atoms with Crippen LogP contribution in [0.4, 0.5) is 10.1 Å². The lowest BCUT2D eigenvalue weighted by atomic mass is 10.1. The number of oxazole rings is 1. The number of amides is 1. The van der Waals surface area contributed by atoms with Crippen LogP contribution in [-0.2, 0) is 4.79 Å². The summed E-state index contributed by atoms with van der Waals surface area (Å²) in [6, 6.07) is 17.0. The molecule has 30 heavy (non-hydrogen) atoms. The second-order valence-electron chi connectivity index (χ2n) is 6.34. The number of hydrogen-bond acceptors (Lipinski definition) is 5. The molecule has 1 aromatic heterocycles. The third kappa shape index (κ3) is 4.12. The highest BCUT2D eigenvalue weighted by Crippen LogP contribution is 2.34. The minimum absolute atomic E-state index is 0.181.